The fraction of sp³-hybridized carbons (Fsp3) is 0.400. The lowest BCUT2D eigenvalue weighted by atomic mass is 10.0. The molecular weight excluding hydrogens is 191 g/mol. The summed E-state index contributed by atoms with van der Waals surface area (Å²) in [6.07, 6.45) is -0.283. The number of rotatable bonds is 2. The Bertz CT molecular complexity index is 312. The molecule has 3 heteroatoms. The van der Waals surface area contributed by atoms with Gasteiger partial charge >= 0.3 is 0 Å². The van der Waals surface area contributed by atoms with Crippen LogP contribution in [-0.2, 0) is 0 Å². The van der Waals surface area contributed by atoms with Gasteiger partial charge in [-0.1, -0.05) is 24.6 Å². The third-order valence-corrected chi connectivity index (χ3v) is 2.22. The molecule has 1 atom stereocenters. The van der Waals surface area contributed by atoms with Crippen LogP contribution in [0.5, 0.6) is 0 Å². The minimum atomic E-state index is -0.766. The van der Waals surface area contributed by atoms with E-state index in [-0.39, 0.29) is 10.6 Å². The molecule has 1 aromatic carbocycles. The van der Waals surface area contributed by atoms with E-state index in [2.05, 4.69) is 0 Å². The number of aliphatic hydroxyl groups is 1. The van der Waals surface area contributed by atoms with E-state index in [9.17, 15) is 9.50 Å². The van der Waals surface area contributed by atoms with Crippen molar-refractivity contribution < 1.29 is 9.50 Å². The molecule has 0 heterocycles. The van der Waals surface area contributed by atoms with Gasteiger partial charge in [0, 0.05) is 5.56 Å². The number of hydrogen-bond donors (Lipinski definition) is 1. The molecule has 0 aliphatic heterocycles. The zero-order chi connectivity index (χ0) is 10.0. The molecule has 0 bridgehead atoms. The first kappa shape index (κ1) is 10.5. The molecule has 0 spiro atoms. The molecule has 1 unspecified atom stereocenters. The first-order chi connectivity index (χ1) is 6.06. The van der Waals surface area contributed by atoms with Gasteiger partial charge in [0.05, 0.1) is 11.1 Å². The zero-order valence-corrected chi connectivity index (χ0v) is 8.40. The van der Waals surface area contributed by atoms with Gasteiger partial charge in [0.2, 0.25) is 0 Å². The van der Waals surface area contributed by atoms with Gasteiger partial charge in [0.15, 0.2) is 0 Å². The van der Waals surface area contributed by atoms with E-state index in [1.165, 1.54) is 0 Å². The van der Waals surface area contributed by atoms with E-state index in [0.29, 0.717) is 6.42 Å². The summed E-state index contributed by atoms with van der Waals surface area (Å²) in [7, 11) is 0. The van der Waals surface area contributed by atoms with Gasteiger partial charge in [-0.15, -0.1) is 0 Å². The summed E-state index contributed by atoms with van der Waals surface area (Å²) in [5.41, 5.74) is 1.14. The topological polar surface area (TPSA) is 20.2 Å². The summed E-state index contributed by atoms with van der Waals surface area (Å²) in [5, 5.41) is 9.53. The van der Waals surface area contributed by atoms with Crippen molar-refractivity contribution >= 4 is 11.6 Å². The second-order valence-corrected chi connectivity index (χ2v) is 3.48. The van der Waals surface area contributed by atoms with Crippen LogP contribution >= 0.6 is 11.6 Å². The van der Waals surface area contributed by atoms with Crippen LogP contribution in [0.25, 0.3) is 0 Å². The van der Waals surface area contributed by atoms with Crippen LogP contribution in [0.1, 0.15) is 30.6 Å². The van der Waals surface area contributed by atoms with Crippen molar-refractivity contribution in [3.63, 3.8) is 0 Å². The molecule has 0 radical (unpaired) electrons. The molecule has 0 aliphatic carbocycles. The standard InChI is InChI=1S/C10H12ClFO/c1-3-9(13)7-4-6(2)5-8(11)10(7)12/h4-5,9,13H,3H2,1-2H3. The largest absolute Gasteiger partial charge is 0.388 e. The van der Waals surface area contributed by atoms with Crippen LogP contribution in [0.15, 0.2) is 12.1 Å². The Morgan fingerprint density at radius 3 is 2.69 bits per heavy atom. The fourth-order valence-electron chi connectivity index (χ4n) is 1.21. The van der Waals surface area contributed by atoms with Crippen molar-refractivity contribution in [2.24, 2.45) is 0 Å². The van der Waals surface area contributed by atoms with Gasteiger partial charge < -0.3 is 5.11 Å². The molecule has 0 aliphatic rings. The van der Waals surface area contributed by atoms with E-state index < -0.39 is 11.9 Å². The summed E-state index contributed by atoms with van der Waals surface area (Å²) in [4.78, 5) is 0. The van der Waals surface area contributed by atoms with Crippen LogP contribution in [0.2, 0.25) is 5.02 Å². The highest BCUT2D eigenvalue weighted by molar-refractivity contribution is 6.30. The van der Waals surface area contributed by atoms with Crippen molar-refractivity contribution in [2.45, 2.75) is 26.4 Å². The maximum atomic E-state index is 13.3. The Kier molecular flexibility index (Phi) is 3.28. The summed E-state index contributed by atoms with van der Waals surface area (Å²) >= 11 is 5.63. The monoisotopic (exact) mass is 202 g/mol. The molecule has 13 heavy (non-hydrogen) atoms. The van der Waals surface area contributed by atoms with Gasteiger partial charge in [-0.25, -0.2) is 4.39 Å². The predicted octanol–water partition coefficient (Wildman–Crippen LogP) is 3.23. The molecule has 1 aromatic rings. The van der Waals surface area contributed by atoms with E-state index in [1.54, 1.807) is 19.1 Å². The summed E-state index contributed by atoms with van der Waals surface area (Å²) in [6.45, 7) is 3.61. The Morgan fingerprint density at radius 1 is 1.54 bits per heavy atom. The molecular formula is C10H12ClFO. The van der Waals surface area contributed by atoms with Crippen LogP contribution < -0.4 is 0 Å². The molecule has 1 nitrogen and oxygen atoms in total. The zero-order valence-electron chi connectivity index (χ0n) is 7.64. The smallest absolute Gasteiger partial charge is 0.147 e. The van der Waals surface area contributed by atoms with Gasteiger partial charge in [0.1, 0.15) is 5.82 Å². The maximum Gasteiger partial charge on any atom is 0.147 e. The van der Waals surface area contributed by atoms with Crippen molar-refractivity contribution in [3.05, 3.63) is 34.1 Å². The Morgan fingerprint density at radius 2 is 2.15 bits per heavy atom. The van der Waals surface area contributed by atoms with Crippen LogP contribution in [0, 0.1) is 12.7 Å². The average Bonchev–Trinajstić information content (AvgIpc) is 2.10. The lowest BCUT2D eigenvalue weighted by Crippen LogP contribution is -2.00. The Hall–Kier alpha value is -0.600. The highest BCUT2D eigenvalue weighted by atomic mass is 35.5. The molecule has 0 aromatic heterocycles. The normalized spacial score (nSPS) is 13.0. The van der Waals surface area contributed by atoms with Crippen molar-refractivity contribution in [2.75, 3.05) is 0 Å². The van der Waals surface area contributed by atoms with Crippen molar-refractivity contribution in [3.8, 4) is 0 Å². The first-order valence-electron chi connectivity index (χ1n) is 4.19. The molecule has 1 N–H and O–H groups in total. The van der Waals surface area contributed by atoms with Crippen LogP contribution in [0.4, 0.5) is 4.39 Å². The van der Waals surface area contributed by atoms with Gasteiger partial charge in [-0.3, -0.25) is 0 Å². The third-order valence-electron chi connectivity index (χ3n) is 1.95. The highest BCUT2D eigenvalue weighted by Gasteiger charge is 2.13. The minimum Gasteiger partial charge on any atom is -0.388 e. The number of hydrogen-bond acceptors (Lipinski definition) is 1. The quantitative estimate of drug-likeness (QED) is 0.781. The van der Waals surface area contributed by atoms with E-state index in [0.717, 1.165) is 5.56 Å². The second-order valence-electron chi connectivity index (χ2n) is 3.07. The molecule has 0 saturated carbocycles. The summed E-state index contributed by atoms with van der Waals surface area (Å²) in [6, 6.07) is 3.16. The highest BCUT2D eigenvalue weighted by Crippen LogP contribution is 2.26. The molecule has 1 rings (SSSR count). The fourth-order valence-corrected chi connectivity index (χ4v) is 1.50. The van der Waals surface area contributed by atoms with Gasteiger partial charge in [0.25, 0.3) is 0 Å². The average molecular weight is 203 g/mol. The van der Waals surface area contributed by atoms with Crippen molar-refractivity contribution in [1.82, 2.24) is 0 Å². The number of halogens is 2. The van der Waals surface area contributed by atoms with Crippen molar-refractivity contribution in [1.29, 1.82) is 0 Å². The van der Waals surface area contributed by atoms with Crippen LogP contribution in [-0.4, -0.2) is 5.11 Å². The second kappa shape index (κ2) is 4.07. The Labute approximate surface area is 82.2 Å². The molecule has 0 saturated heterocycles. The summed E-state index contributed by atoms with van der Waals surface area (Å²) < 4.78 is 13.3. The minimum absolute atomic E-state index is 0.0718. The third kappa shape index (κ3) is 2.20. The number of aryl methyl sites for hydroxylation is 1. The van der Waals surface area contributed by atoms with Crippen LogP contribution in [0.3, 0.4) is 0 Å². The maximum absolute atomic E-state index is 13.3. The predicted molar refractivity (Wildman–Crippen MR) is 51.4 cm³/mol. The van der Waals surface area contributed by atoms with E-state index >= 15 is 0 Å². The Balaban J connectivity index is 3.20. The SMILES string of the molecule is CCC(O)c1cc(C)cc(Cl)c1F. The van der Waals surface area contributed by atoms with E-state index in [4.69, 9.17) is 11.6 Å². The number of aliphatic hydroxyl groups excluding tert-OH is 1. The lowest BCUT2D eigenvalue weighted by Gasteiger charge is -2.11. The molecule has 0 fully saturated rings. The van der Waals surface area contributed by atoms with Gasteiger partial charge in [-0.2, -0.15) is 0 Å². The first-order valence-corrected chi connectivity index (χ1v) is 4.57. The van der Waals surface area contributed by atoms with E-state index in [1.807, 2.05) is 6.92 Å². The molecule has 0 amide bonds. The van der Waals surface area contributed by atoms with Gasteiger partial charge in [-0.05, 0) is 25.0 Å². The number of benzene rings is 1. The summed E-state index contributed by atoms with van der Waals surface area (Å²) in [5.74, 6) is -0.512. The molecule has 72 valence electrons. The lowest BCUT2D eigenvalue weighted by molar-refractivity contribution is 0.169.